The van der Waals surface area contributed by atoms with Gasteiger partial charge >= 0.3 is 5.69 Å². The molecule has 0 aromatic carbocycles. The zero-order valence-electron chi connectivity index (χ0n) is 13.6. The van der Waals surface area contributed by atoms with E-state index in [1.165, 1.54) is 0 Å². The SMILES string of the molecule is Cc1cnc(N2CCC(Cn3c(=O)[nH]c4cccnc43)CC2)nc1. The highest BCUT2D eigenvalue weighted by Gasteiger charge is 2.22. The molecule has 0 aliphatic carbocycles. The molecule has 1 aliphatic heterocycles. The Kier molecular flexibility index (Phi) is 3.76. The lowest BCUT2D eigenvalue weighted by molar-refractivity contribution is 0.354. The second-order valence-corrected chi connectivity index (χ2v) is 6.41. The van der Waals surface area contributed by atoms with E-state index in [-0.39, 0.29) is 5.69 Å². The van der Waals surface area contributed by atoms with Crippen LogP contribution < -0.4 is 10.6 Å². The number of aromatic amines is 1. The number of aryl methyl sites for hydroxylation is 1. The first-order valence-electron chi connectivity index (χ1n) is 8.28. The van der Waals surface area contributed by atoms with Crippen molar-refractivity contribution in [2.45, 2.75) is 26.3 Å². The molecule has 24 heavy (non-hydrogen) atoms. The van der Waals surface area contributed by atoms with Gasteiger partial charge in [0.15, 0.2) is 5.65 Å². The van der Waals surface area contributed by atoms with Crippen LogP contribution in [0.2, 0.25) is 0 Å². The molecule has 7 heteroatoms. The maximum atomic E-state index is 12.2. The van der Waals surface area contributed by atoms with E-state index >= 15 is 0 Å². The number of nitrogens with zero attached hydrogens (tertiary/aromatic N) is 5. The molecule has 3 aromatic rings. The van der Waals surface area contributed by atoms with Crippen molar-refractivity contribution in [1.29, 1.82) is 0 Å². The number of nitrogens with one attached hydrogen (secondary N) is 1. The van der Waals surface area contributed by atoms with Crippen LogP contribution >= 0.6 is 0 Å². The van der Waals surface area contributed by atoms with Crippen LogP contribution in [0.3, 0.4) is 0 Å². The van der Waals surface area contributed by atoms with E-state index < -0.39 is 0 Å². The topological polar surface area (TPSA) is 79.7 Å². The first-order chi connectivity index (χ1) is 11.7. The molecule has 0 unspecified atom stereocenters. The lowest BCUT2D eigenvalue weighted by atomic mass is 9.97. The number of aromatic nitrogens is 5. The molecule has 3 aromatic heterocycles. The first-order valence-corrected chi connectivity index (χ1v) is 8.28. The van der Waals surface area contributed by atoms with Gasteiger partial charge in [-0.15, -0.1) is 0 Å². The highest BCUT2D eigenvalue weighted by molar-refractivity contribution is 5.69. The highest BCUT2D eigenvalue weighted by atomic mass is 16.1. The third-order valence-electron chi connectivity index (χ3n) is 4.63. The summed E-state index contributed by atoms with van der Waals surface area (Å²) in [5, 5.41) is 0. The molecule has 0 bridgehead atoms. The van der Waals surface area contributed by atoms with E-state index in [2.05, 4.69) is 24.8 Å². The van der Waals surface area contributed by atoms with Crippen molar-refractivity contribution in [3.63, 3.8) is 0 Å². The highest BCUT2D eigenvalue weighted by Crippen LogP contribution is 2.22. The zero-order chi connectivity index (χ0) is 16.5. The Labute approximate surface area is 139 Å². The summed E-state index contributed by atoms with van der Waals surface area (Å²) in [4.78, 5) is 30.4. The minimum absolute atomic E-state index is 0.0759. The Morgan fingerprint density at radius 1 is 1.21 bits per heavy atom. The molecule has 1 fully saturated rings. The van der Waals surface area contributed by atoms with Crippen LogP contribution in [-0.2, 0) is 6.54 Å². The average molecular weight is 324 g/mol. The fourth-order valence-corrected chi connectivity index (χ4v) is 3.28. The second kappa shape index (κ2) is 6.07. The summed E-state index contributed by atoms with van der Waals surface area (Å²) in [6.45, 7) is 4.53. The summed E-state index contributed by atoms with van der Waals surface area (Å²) in [6.07, 6.45) is 7.47. The Balaban J connectivity index is 1.45. The van der Waals surface area contributed by atoms with Crippen molar-refractivity contribution in [2.75, 3.05) is 18.0 Å². The minimum Gasteiger partial charge on any atom is -0.341 e. The van der Waals surface area contributed by atoms with Gasteiger partial charge in [0.05, 0.1) is 5.52 Å². The van der Waals surface area contributed by atoms with Crippen molar-refractivity contribution in [3.05, 3.63) is 46.8 Å². The molecule has 0 saturated carbocycles. The van der Waals surface area contributed by atoms with Crippen molar-refractivity contribution in [3.8, 4) is 0 Å². The van der Waals surface area contributed by atoms with Gasteiger partial charge in [-0.05, 0) is 43.4 Å². The van der Waals surface area contributed by atoms with Gasteiger partial charge in [0.1, 0.15) is 0 Å². The van der Waals surface area contributed by atoms with Gasteiger partial charge in [-0.1, -0.05) is 0 Å². The van der Waals surface area contributed by atoms with Crippen LogP contribution in [0.25, 0.3) is 11.2 Å². The third kappa shape index (κ3) is 2.77. The van der Waals surface area contributed by atoms with Crippen LogP contribution in [0.15, 0.2) is 35.5 Å². The summed E-state index contributed by atoms with van der Waals surface area (Å²) in [6, 6.07) is 3.72. The number of imidazole rings is 1. The van der Waals surface area contributed by atoms with Gasteiger partial charge in [0.2, 0.25) is 5.95 Å². The van der Waals surface area contributed by atoms with E-state index in [0.29, 0.717) is 12.5 Å². The smallest absolute Gasteiger partial charge is 0.327 e. The van der Waals surface area contributed by atoms with Crippen molar-refractivity contribution >= 4 is 17.1 Å². The molecule has 0 spiro atoms. The Bertz CT molecular complexity index is 889. The number of H-pyrrole nitrogens is 1. The summed E-state index contributed by atoms with van der Waals surface area (Å²) in [5.74, 6) is 1.26. The number of rotatable bonds is 3. The third-order valence-corrected chi connectivity index (χ3v) is 4.63. The molecule has 0 radical (unpaired) electrons. The maximum absolute atomic E-state index is 12.2. The lowest BCUT2D eigenvalue weighted by Crippen LogP contribution is -2.37. The van der Waals surface area contributed by atoms with Crippen molar-refractivity contribution in [1.82, 2.24) is 24.5 Å². The molecular weight excluding hydrogens is 304 g/mol. The summed E-state index contributed by atoms with van der Waals surface area (Å²) in [7, 11) is 0. The molecule has 0 atom stereocenters. The largest absolute Gasteiger partial charge is 0.341 e. The maximum Gasteiger partial charge on any atom is 0.327 e. The number of fused-ring (bicyclic) bond motifs is 1. The van der Waals surface area contributed by atoms with Crippen LogP contribution in [0.4, 0.5) is 5.95 Å². The van der Waals surface area contributed by atoms with E-state index in [1.807, 2.05) is 31.5 Å². The normalized spacial score (nSPS) is 16.0. The van der Waals surface area contributed by atoms with Gasteiger partial charge in [-0.25, -0.2) is 19.7 Å². The monoisotopic (exact) mass is 324 g/mol. The number of anilines is 1. The molecule has 7 nitrogen and oxygen atoms in total. The quantitative estimate of drug-likeness (QED) is 0.794. The molecule has 4 rings (SSSR count). The van der Waals surface area contributed by atoms with E-state index in [1.54, 1.807) is 10.8 Å². The predicted octanol–water partition coefficient (Wildman–Crippen LogP) is 1.74. The Morgan fingerprint density at radius 3 is 2.71 bits per heavy atom. The molecule has 1 aliphatic rings. The van der Waals surface area contributed by atoms with Gasteiger partial charge in [0, 0.05) is 38.2 Å². The zero-order valence-corrected chi connectivity index (χ0v) is 13.6. The van der Waals surface area contributed by atoms with Crippen LogP contribution in [-0.4, -0.2) is 37.6 Å². The van der Waals surface area contributed by atoms with E-state index in [4.69, 9.17) is 0 Å². The number of piperidine rings is 1. The van der Waals surface area contributed by atoms with Crippen molar-refractivity contribution < 1.29 is 0 Å². The van der Waals surface area contributed by atoms with Crippen LogP contribution in [0, 0.1) is 12.8 Å². The fraction of sp³-hybridized carbons (Fsp3) is 0.412. The van der Waals surface area contributed by atoms with Crippen LogP contribution in [0.1, 0.15) is 18.4 Å². The van der Waals surface area contributed by atoms with Gasteiger partial charge in [-0.2, -0.15) is 0 Å². The molecular formula is C17H20N6O. The van der Waals surface area contributed by atoms with Gasteiger partial charge < -0.3 is 9.88 Å². The Morgan fingerprint density at radius 2 is 1.96 bits per heavy atom. The molecule has 124 valence electrons. The number of hydrogen-bond acceptors (Lipinski definition) is 5. The minimum atomic E-state index is -0.0759. The predicted molar refractivity (Wildman–Crippen MR) is 92.1 cm³/mol. The lowest BCUT2D eigenvalue weighted by Gasteiger charge is -2.32. The first kappa shape index (κ1) is 14.9. The standard InChI is InChI=1S/C17H20N6O/c1-12-9-19-16(20-10-12)22-7-4-13(5-8-22)11-23-15-14(21-17(23)24)3-2-6-18-15/h2-3,6,9-10,13H,4-5,7-8,11H2,1H3,(H,21,24). The van der Waals surface area contributed by atoms with Gasteiger partial charge in [-0.3, -0.25) is 4.57 Å². The fourth-order valence-electron chi connectivity index (χ4n) is 3.28. The molecule has 1 saturated heterocycles. The van der Waals surface area contributed by atoms with Gasteiger partial charge in [0.25, 0.3) is 0 Å². The Hall–Kier alpha value is -2.70. The van der Waals surface area contributed by atoms with Crippen molar-refractivity contribution in [2.24, 2.45) is 5.92 Å². The summed E-state index contributed by atoms with van der Waals surface area (Å²) in [5.41, 5.74) is 2.53. The molecule has 0 amide bonds. The second-order valence-electron chi connectivity index (χ2n) is 6.41. The average Bonchev–Trinajstić information content (AvgIpc) is 2.92. The molecule has 1 N–H and O–H groups in total. The summed E-state index contributed by atoms with van der Waals surface area (Å²) >= 11 is 0. The van der Waals surface area contributed by atoms with Crippen LogP contribution in [0.5, 0.6) is 0 Å². The number of pyridine rings is 1. The summed E-state index contributed by atoms with van der Waals surface area (Å²) < 4.78 is 1.76. The number of hydrogen-bond donors (Lipinski definition) is 1. The molecule has 4 heterocycles. The van der Waals surface area contributed by atoms with E-state index in [0.717, 1.165) is 48.6 Å². The van der Waals surface area contributed by atoms with E-state index in [9.17, 15) is 4.79 Å².